The fourth-order valence-electron chi connectivity index (χ4n) is 2.73. The molecule has 1 aliphatic rings. The van der Waals surface area contributed by atoms with E-state index < -0.39 is 0 Å². The number of hydrogen-bond donors (Lipinski definition) is 2. The summed E-state index contributed by atoms with van der Waals surface area (Å²) >= 11 is 0. The van der Waals surface area contributed by atoms with Gasteiger partial charge in [0.05, 0.1) is 0 Å². The number of aliphatic hydroxyl groups excluding tert-OH is 1. The molecule has 0 amide bonds. The van der Waals surface area contributed by atoms with E-state index in [1.807, 2.05) is 12.1 Å². The Kier molecular flexibility index (Phi) is 6.61. The van der Waals surface area contributed by atoms with Crippen LogP contribution in [-0.2, 0) is 6.42 Å². The molecule has 4 heteroatoms. The van der Waals surface area contributed by atoms with E-state index in [-0.39, 0.29) is 12.4 Å². The van der Waals surface area contributed by atoms with Crippen LogP contribution in [0.2, 0.25) is 0 Å². The van der Waals surface area contributed by atoms with E-state index in [0.717, 1.165) is 32.6 Å². The second kappa shape index (κ2) is 8.47. The van der Waals surface area contributed by atoms with E-state index in [9.17, 15) is 4.39 Å². The first-order valence-corrected chi connectivity index (χ1v) is 7.98. The minimum Gasteiger partial charge on any atom is -0.396 e. The summed E-state index contributed by atoms with van der Waals surface area (Å²) in [6.07, 6.45) is 3.32. The minimum absolute atomic E-state index is 0.164. The molecule has 2 N–H and O–H groups in total. The molecule has 21 heavy (non-hydrogen) atoms. The first-order valence-electron chi connectivity index (χ1n) is 7.98. The van der Waals surface area contributed by atoms with Crippen molar-refractivity contribution >= 4 is 0 Å². The van der Waals surface area contributed by atoms with Crippen molar-refractivity contribution in [3.63, 3.8) is 0 Å². The quantitative estimate of drug-likeness (QED) is 0.808. The summed E-state index contributed by atoms with van der Waals surface area (Å²) < 4.78 is 12.8. The van der Waals surface area contributed by atoms with Crippen LogP contribution in [0, 0.1) is 11.7 Å². The lowest BCUT2D eigenvalue weighted by molar-refractivity contribution is 0.186. The molecular weight excluding hydrogens is 267 g/mol. The van der Waals surface area contributed by atoms with Crippen LogP contribution >= 0.6 is 0 Å². The lowest BCUT2D eigenvalue weighted by Gasteiger charge is -2.33. The van der Waals surface area contributed by atoms with Gasteiger partial charge in [0.1, 0.15) is 5.82 Å². The molecule has 1 aliphatic heterocycles. The highest BCUT2D eigenvalue weighted by Gasteiger charge is 2.18. The fraction of sp³-hybridized carbons (Fsp3) is 0.647. The van der Waals surface area contributed by atoms with Crippen LogP contribution in [0.1, 0.15) is 25.3 Å². The lowest BCUT2D eigenvalue weighted by Crippen LogP contribution is -2.44. The zero-order chi connectivity index (χ0) is 15.1. The molecule has 0 bridgehead atoms. The summed E-state index contributed by atoms with van der Waals surface area (Å²) in [4.78, 5) is 2.48. The Morgan fingerprint density at radius 3 is 2.57 bits per heavy atom. The summed E-state index contributed by atoms with van der Waals surface area (Å²) in [6, 6.07) is 7.41. The van der Waals surface area contributed by atoms with Crippen LogP contribution in [0.15, 0.2) is 24.3 Å². The zero-order valence-electron chi connectivity index (χ0n) is 12.9. The van der Waals surface area contributed by atoms with Crippen molar-refractivity contribution in [1.29, 1.82) is 0 Å². The van der Waals surface area contributed by atoms with Gasteiger partial charge in [0.25, 0.3) is 0 Å². The number of nitrogens with zero attached hydrogens (tertiary/aromatic N) is 1. The van der Waals surface area contributed by atoms with Crippen LogP contribution in [0.4, 0.5) is 4.39 Å². The van der Waals surface area contributed by atoms with Crippen molar-refractivity contribution in [1.82, 2.24) is 10.2 Å². The molecule has 1 aromatic carbocycles. The highest BCUT2D eigenvalue weighted by molar-refractivity contribution is 5.16. The maximum absolute atomic E-state index is 12.8. The normalized spacial score (nSPS) is 18.8. The Labute approximate surface area is 127 Å². The molecule has 118 valence electrons. The van der Waals surface area contributed by atoms with Gasteiger partial charge in [-0.15, -0.1) is 0 Å². The third-order valence-corrected chi connectivity index (χ3v) is 4.28. The van der Waals surface area contributed by atoms with Crippen LogP contribution in [0.5, 0.6) is 0 Å². The Bertz CT molecular complexity index is 402. The molecule has 2 rings (SSSR count). The van der Waals surface area contributed by atoms with Gasteiger partial charge in [-0.05, 0) is 56.0 Å². The molecule has 1 unspecified atom stereocenters. The largest absolute Gasteiger partial charge is 0.396 e. The molecule has 3 nitrogen and oxygen atoms in total. The van der Waals surface area contributed by atoms with Gasteiger partial charge in [-0.3, -0.25) is 0 Å². The smallest absolute Gasteiger partial charge is 0.123 e. The van der Waals surface area contributed by atoms with E-state index >= 15 is 0 Å². The number of halogens is 1. The molecule has 0 radical (unpaired) electrons. The molecule has 1 atom stereocenters. The minimum atomic E-state index is -0.164. The molecule has 0 spiro atoms. The van der Waals surface area contributed by atoms with Crippen molar-refractivity contribution in [2.75, 3.05) is 32.8 Å². The summed E-state index contributed by atoms with van der Waals surface area (Å²) in [5.41, 5.74) is 1.20. The molecule has 1 heterocycles. The summed E-state index contributed by atoms with van der Waals surface area (Å²) in [5, 5.41) is 12.6. The average molecular weight is 294 g/mol. The standard InChI is InChI=1S/C17H27FN2O/c1-14(13-21)12-19-17-7-10-20(11-8-17)9-6-15-2-4-16(18)5-3-15/h2-5,14,17,19,21H,6-13H2,1H3. The van der Waals surface area contributed by atoms with Gasteiger partial charge in [0, 0.05) is 25.7 Å². The van der Waals surface area contributed by atoms with Crippen molar-refractivity contribution in [3.05, 3.63) is 35.6 Å². The van der Waals surface area contributed by atoms with Gasteiger partial charge < -0.3 is 15.3 Å². The Morgan fingerprint density at radius 1 is 1.29 bits per heavy atom. The molecule has 1 saturated heterocycles. The van der Waals surface area contributed by atoms with Crippen LogP contribution in [-0.4, -0.2) is 48.8 Å². The van der Waals surface area contributed by atoms with Crippen LogP contribution in [0.3, 0.4) is 0 Å². The number of piperidine rings is 1. The monoisotopic (exact) mass is 294 g/mol. The van der Waals surface area contributed by atoms with Crippen molar-refractivity contribution in [2.45, 2.75) is 32.2 Å². The molecule has 0 aromatic heterocycles. The number of benzene rings is 1. The van der Waals surface area contributed by atoms with Gasteiger partial charge in [-0.2, -0.15) is 0 Å². The van der Waals surface area contributed by atoms with Gasteiger partial charge in [0.2, 0.25) is 0 Å². The van der Waals surface area contributed by atoms with Crippen LogP contribution in [0.25, 0.3) is 0 Å². The third kappa shape index (κ3) is 5.73. The van der Waals surface area contributed by atoms with E-state index in [0.29, 0.717) is 12.0 Å². The molecule has 0 aliphatic carbocycles. The number of likely N-dealkylation sites (tertiary alicyclic amines) is 1. The Hall–Kier alpha value is -0.970. The summed E-state index contributed by atoms with van der Waals surface area (Å²) in [6.45, 7) is 6.50. The summed E-state index contributed by atoms with van der Waals surface area (Å²) in [5.74, 6) is 0.171. The molecule has 0 saturated carbocycles. The van der Waals surface area contributed by atoms with E-state index in [1.165, 1.54) is 30.5 Å². The molecule has 1 aromatic rings. The first kappa shape index (κ1) is 16.4. The highest BCUT2D eigenvalue weighted by Crippen LogP contribution is 2.12. The average Bonchev–Trinajstić information content (AvgIpc) is 2.53. The zero-order valence-corrected chi connectivity index (χ0v) is 12.9. The maximum atomic E-state index is 12.8. The van der Waals surface area contributed by atoms with Crippen molar-refractivity contribution in [2.24, 2.45) is 5.92 Å². The second-order valence-electron chi connectivity index (χ2n) is 6.19. The van der Waals surface area contributed by atoms with Gasteiger partial charge >= 0.3 is 0 Å². The molecular formula is C17H27FN2O. The first-order chi connectivity index (χ1) is 10.2. The third-order valence-electron chi connectivity index (χ3n) is 4.28. The topological polar surface area (TPSA) is 35.5 Å². The number of rotatable bonds is 7. The van der Waals surface area contributed by atoms with E-state index in [2.05, 4.69) is 17.1 Å². The highest BCUT2D eigenvalue weighted by atomic mass is 19.1. The number of aliphatic hydroxyl groups is 1. The van der Waals surface area contributed by atoms with Crippen molar-refractivity contribution < 1.29 is 9.50 Å². The predicted molar refractivity (Wildman–Crippen MR) is 83.8 cm³/mol. The van der Waals surface area contributed by atoms with E-state index in [4.69, 9.17) is 5.11 Å². The van der Waals surface area contributed by atoms with Crippen LogP contribution < -0.4 is 5.32 Å². The Morgan fingerprint density at radius 2 is 1.95 bits per heavy atom. The van der Waals surface area contributed by atoms with Gasteiger partial charge in [-0.1, -0.05) is 19.1 Å². The van der Waals surface area contributed by atoms with Gasteiger partial charge in [0.15, 0.2) is 0 Å². The van der Waals surface area contributed by atoms with E-state index in [1.54, 1.807) is 0 Å². The maximum Gasteiger partial charge on any atom is 0.123 e. The summed E-state index contributed by atoms with van der Waals surface area (Å²) in [7, 11) is 0. The number of nitrogens with one attached hydrogen (secondary N) is 1. The predicted octanol–water partition coefficient (Wildman–Crippen LogP) is 2.05. The lowest BCUT2D eigenvalue weighted by atomic mass is 10.0. The fourth-order valence-corrected chi connectivity index (χ4v) is 2.73. The SMILES string of the molecule is CC(CO)CNC1CCN(CCc2ccc(F)cc2)CC1. The van der Waals surface area contributed by atoms with Crippen molar-refractivity contribution in [3.8, 4) is 0 Å². The van der Waals surface area contributed by atoms with Gasteiger partial charge in [-0.25, -0.2) is 4.39 Å². The molecule has 1 fully saturated rings. The number of hydrogen-bond acceptors (Lipinski definition) is 3. The Balaban J connectivity index is 1.63. The second-order valence-corrected chi connectivity index (χ2v) is 6.19.